The van der Waals surface area contributed by atoms with Crippen molar-refractivity contribution in [2.75, 3.05) is 70.1 Å². The number of nitrogens with zero attached hydrogens (tertiary/aromatic N) is 13. The summed E-state index contributed by atoms with van der Waals surface area (Å²) in [6, 6.07) is 7.29. The number of hydrogen-bond donors (Lipinski definition) is 9. The van der Waals surface area contributed by atoms with E-state index in [0.29, 0.717) is 0 Å². The fourth-order valence-electron chi connectivity index (χ4n) is 13.4. The molecule has 5 fully saturated rings. The lowest BCUT2D eigenvalue weighted by Gasteiger charge is -2.28. The van der Waals surface area contributed by atoms with Gasteiger partial charge in [0.2, 0.25) is 23.7 Å². The van der Waals surface area contributed by atoms with Crippen molar-refractivity contribution in [2.24, 2.45) is 11.8 Å². The van der Waals surface area contributed by atoms with Gasteiger partial charge in [0.25, 0.3) is 27.8 Å². The Morgan fingerprint density at radius 2 is 0.724 bits per heavy atom. The van der Waals surface area contributed by atoms with Gasteiger partial charge in [0.1, 0.15) is 86.1 Å². The molecule has 19 atom stereocenters. The Hall–Kier alpha value is -10.2. The van der Waals surface area contributed by atoms with E-state index in [-0.39, 0.29) is 63.8 Å². The van der Waals surface area contributed by atoms with E-state index in [1.165, 1.54) is 42.3 Å². The fraction of sp³-hybridized carbons (Fsp3) is 0.600. The lowest BCUT2D eigenvalue weighted by molar-refractivity contribution is -0.119. The first-order valence-electron chi connectivity index (χ1n) is 39.3. The first kappa shape index (κ1) is 95.9. The molecule has 12 rings (SSSR count). The second-order valence-electron chi connectivity index (χ2n) is 29.8. The Bertz CT molecular complexity index is 6110. The lowest BCUT2D eigenvalue weighted by Crippen LogP contribution is -2.33. The quantitative estimate of drug-likeness (QED) is 0.0196. The van der Waals surface area contributed by atoms with E-state index >= 15 is 13.7 Å². The molecule has 5 aliphatic rings. The van der Waals surface area contributed by atoms with Crippen molar-refractivity contribution in [2.45, 2.75) is 198 Å². The predicted octanol–water partition coefficient (Wildman–Crippen LogP) is 2.57. The number of amides is 2. The van der Waals surface area contributed by atoms with Gasteiger partial charge in [-0.2, -0.15) is 31.0 Å². The van der Waals surface area contributed by atoms with Crippen molar-refractivity contribution in [3.05, 3.63) is 131 Å². The Labute approximate surface area is 715 Å². The summed E-state index contributed by atoms with van der Waals surface area (Å²) in [5.41, 5.74) is -7.66. The van der Waals surface area contributed by atoms with Crippen molar-refractivity contribution in [1.29, 1.82) is 21.0 Å². The second-order valence-corrected chi connectivity index (χ2v) is 36.3. The maximum atomic E-state index is 15.9. The van der Waals surface area contributed by atoms with Crippen molar-refractivity contribution in [3.63, 3.8) is 0 Å². The highest BCUT2D eigenvalue weighted by molar-refractivity contribution is 7.49. The predicted molar refractivity (Wildman–Crippen MR) is 426 cm³/mol. The van der Waals surface area contributed by atoms with E-state index in [1.807, 2.05) is 24.3 Å². The molecular formula is C70H88N20O33P4. The highest BCUT2D eigenvalue weighted by atomic mass is 31.2. The number of aromatic amines is 5. The molecule has 12 heterocycles. The third-order valence-electron chi connectivity index (χ3n) is 20.0. The monoisotopic (exact) mass is 1860 g/mol. The number of phosphoric acid groups is 4. The summed E-state index contributed by atoms with van der Waals surface area (Å²) in [7, 11) is -21.1. The number of anilines is 2. The zero-order valence-corrected chi connectivity index (χ0v) is 72.2. The molecule has 9 N–H and O–H groups in total. The molecule has 5 saturated heterocycles. The summed E-state index contributed by atoms with van der Waals surface area (Å²) in [5, 5.41) is 65.6. The van der Waals surface area contributed by atoms with Crippen LogP contribution in [0, 0.1) is 77.9 Å². The molecule has 57 heteroatoms. The summed E-state index contributed by atoms with van der Waals surface area (Å²) in [6.07, 6.45) is -21.4. The van der Waals surface area contributed by atoms with Gasteiger partial charge in [-0.3, -0.25) is 146 Å². The van der Waals surface area contributed by atoms with Crippen molar-refractivity contribution >= 4 is 77.3 Å². The largest absolute Gasteiger partial charge is 0.475 e. The molecule has 0 spiro atoms. The Morgan fingerprint density at radius 3 is 1.03 bits per heavy atom. The van der Waals surface area contributed by atoms with E-state index in [4.69, 9.17) is 78.0 Å². The van der Waals surface area contributed by atoms with Gasteiger partial charge < -0.3 is 33.9 Å². The van der Waals surface area contributed by atoms with E-state index < -0.39 is 296 Å². The Kier molecular flexibility index (Phi) is 31.3. The van der Waals surface area contributed by atoms with Gasteiger partial charge in [0.05, 0.1) is 128 Å². The smallest absolute Gasteiger partial charge is 0.394 e. The molecule has 0 aliphatic carbocycles. The van der Waals surface area contributed by atoms with Gasteiger partial charge >= 0.3 is 48.4 Å². The van der Waals surface area contributed by atoms with Crippen molar-refractivity contribution in [1.82, 2.24) is 67.7 Å². The van der Waals surface area contributed by atoms with E-state index in [9.17, 15) is 83.8 Å². The number of aromatic nitrogens is 14. The van der Waals surface area contributed by atoms with Crippen LogP contribution >= 0.6 is 31.3 Å². The maximum absolute atomic E-state index is 15.9. The minimum Gasteiger partial charge on any atom is -0.394 e. The van der Waals surface area contributed by atoms with Gasteiger partial charge in [-0.1, -0.05) is 27.7 Å². The number of nitrogens with one attached hydrogen (secondary N) is 7. The average Bonchev–Trinajstić information content (AvgIpc) is 1.62. The number of rotatable bonds is 42. The van der Waals surface area contributed by atoms with Gasteiger partial charge in [-0.05, 0) is 20.8 Å². The van der Waals surface area contributed by atoms with Crippen molar-refractivity contribution in [3.8, 4) is 24.3 Å². The zero-order chi connectivity index (χ0) is 91.6. The minimum absolute atomic E-state index is 0.0191. The molecule has 0 radical (unpaired) electrons. The van der Waals surface area contributed by atoms with Crippen LogP contribution in [0.2, 0.25) is 0 Å². The molecule has 2 amide bonds. The number of H-pyrrole nitrogens is 5. The summed E-state index contributed by atoms with van der Waals surface area (Å²) < 4.78 is 170. The molecule has 4 unspecified atom stereocenters. The van der Waals surface area contributed by atoms with Crippen LogP contribution in [-0.4, -0.2) is 210 Å². The van der Waals surface area contributed by atoms with Gasteiger partial charge in [0.15, 0.2) is 22.3 Å². The Morgan fingerprint density at radius 1 is 0.441 bits per heavy atom. The third-order valence-corrected chi connectivity index (χ3v) is 26.0. The SMILES string of the molecule is Cc1cn([C@H]2C[C@H](OP(=O)(OCCC#N)OC[C@H]3O[C@@H](n4cc(C)c(=O)[nH]c4=O)C[C@@H]3OP(=O)(OCCC#N)OC[C@H]3O[C@@H](n4cnc5c(=O)[nH]c(NC(=O)C(C)C)nc54)C[C@@H]3OP(=O)(OCCC#N)OC[C@H]3O[C@@H](n4cnc5c(=O)[nH]c(NC(=O)C(C)C)nc54)C[C@@H]3OP(=O)(OCCC#N)OC[C@H]3O[C@@H](n4cc(C)c(=O)[nH]c4=O)C[C@@H]3O)[C@@H](CO)O2)c(=O)[nH]c1=O. The van der Waals surface area contributed by atoms with Crippen LogP contribution in [0.5, 0.6) is 0 Å². The molecule has 686 valence electrons. The van der Waals surface area contributed by atoms with E-state index in [2.05, 4.69) is 55.5 Å². The molecule has 53 nitrogen and oxygen atoms in total. The highest BCUT2D eigenvalue weighted by Gasteiger charge is 2.52. The number of ether oxygens (including phenoxy) is 5. The first-order chi connectivity index (χ1) is 60.4. The molecule has 7 aromatic rings. The number of aliphatic hydroxyl groups is 2. The number of aryl methyl sites for hydroxylation is 3. The number of carbonyl (C=O) groups is 2. The molecule has 0 bridgehead atoms. The van der Waals surface area contributed by atoms with Gasteiger partial charge in [0, 0.05) is 79.2 Å². The number of nitriles is 4. The zero-order valence-electron chi connectivity index (χ0n) is 68.6. The molecule has 0 aromatic carbocycles. The standard InChI is InChI=1S/C70H88N20O33P4/c1-35(2)59(93)79-66-77-57-55(64(98)81-66)75-33-89(57)53-23-43(122-124(103,107-16-8-12-71)111-29-46-40(92)20-50(116-46)86-25-37(5)61(95)83-68(86)100)48(118-53)31-114-127(106,110-19-11-15-74)123-44-24-54(90-34-76-56-58(90)78-67(82-65(56)99)80-60(94)36(3)4)119-49(44)32-113-126(105,109-18-10-14-73)121-42-22-52(88-27-39(7)63(97)85-70(88)102)117-47(42)30-112-125(104,108-17-9-13-72)120-41-21-51(115-45(41)28-91)87-26-38(6)62(96)84-69(87)101/h25-27,33-36,40-54,91-92H,8-11,16-24,28-32H2,1-7H3,(H,83,95,100)(H,84,96,101)(H,85,97,102)(H2,77,79,81,93,98)(H2,78,80,82,94,99)/t40-,41-,42-,43-,44-,45+,46+,47+,48+,49+,50+,51+,52+,53+,54+,124?,125?,126?,127?/m0/s1. The fourth-order valence-corrected chi connectivity index (χ4v) is 19.0. The van der Waals surface area contributed by atoms with Crippen LogP contribution in [0.25, 0.3) is 22.3 Å². The van der Waals surface area contributed by atoms with E-state index in [0.717, 1.165) is 32.6 Å². The third kappa shape index (κ3) is 23.3. The lowest BCUT2D eigenvalue weighted by atomic mass is 10.2. The number of hydrogen-bond acceptors (Lipinski definition) is 41. The van der Waals surface area contributed by atoms with Crippen LogP contribution in [0.1, 0.15) is 133 Å². The number of carbonyl (C=O) groups excluding carboxylic acids is 2. The summed E-state index contributed by atoms with van der Waals surface area (Å²) in [4.78, 5) is 159. The second kappa shape index (κ2) is 41.5. The number of phosphoric ester groups is 4. The Balaban J connectivity index is 0.872. The molecule has 127 heavy (non-hydrogen) atoms. The topological polar surface area (TPSA) is 711 Å². The molecule has 0 saturated carbocycles. The van der Waals surface area contributed by atoms with Crippen LogP contribution in [-0.2, 0) is 106 Å². The maximum Gasteiger partial charge on any atom is 0.475 e. The summed E-state index contributed by atoms with van der Waals surface area (Å²) in [5.74, 6) is -3.07. The normalized spacial score (nSPS) is 25.5. The summed E-state index contributed by atoms with van der Waals surface area (Å²) in [6.45, 7) is 2.95. The molecule has 5 aliphatic heterocycles. The van der Waals surface area contributed by atoms with Crippen LogP contribution in [0.4, 0.5) is 11.9 Å². The van der Waals surface area contributed by atoms with Crippen LogP contribution in [0.15, 0.2) is 69.6 Å². The number of fused-ring (bicyclic) bond motifs is 2. The molecular weight excluding hydrogens is 1770 g/mol. The number of aliphatic hydroxyl groups excluding tert-OH is 2. The van der Waals surface area contributed by atoms with Crippen LogP contribution < -0.4 is 55.5 Å². The number of imidazole rings is 2. The first-order valence-corrected chi connectivity index (χ1v) is 45.1. The van der Waals surface area contributed by atoms with E-state index in [1.54, 1.807) is 27.7 Å². The van der Waals surface area contributed by atoms with Crippen LogP contribution in [0.3, 0.4) is 0 Å². The minimum atomic E-state index is -5.43. The summed E-state index contributed by atoms with van der Waals surface area (Å²) >= 11 is 0. The van der Waals surface area contributed by atoms with Crippen molar-refractivity contribution < 1.29 is 116 Å². The van der Waals surface area contributed by atoms with Gasteiger partial charge in [-0.25, -0.2) is 42.6 Å². The molecule has 7 aromatic heterocycles. The van der Waals surface area contributed by atoms with Gasteiger partial charge in [-0.15, -0.1) is 0 Å². The highest BCUT2D eigenvalue weighted by Crippen LogP contribution is 2.60. The average molecular weight is 1860 g/mol.